The largest absolute Gasteiger partial charge is 0.490 e. The van der Waals surface area contributed by atoms with Crippen LogP contribution >= 0.6 is 12.4 Å². The average Bonchev–Trinajstić information content (AvgIpc) is 1.54. The minimum absolute atomic E-state index is 0. The van der Waals surface area contributed by atoms with E-state index in [1.165, 1.54) is 18.2 Å². The molecule has 0 spiro atoms. The first-order chi connectivity index (χ1) is 70.5. The summed E-state index contributed by atoms with van der Waals surface area (Å²) in [6.45, 7) is 9.13. The van der Waals surface area contributed by atoms with Gasteiger partial charge in [0.25, 0.3) is 0 Å². The number of rotatable bonds is 46. The summed E-state index contributed by atoms with van der Waals surface area (Å²) in [5.74, 6) is 5.59. The number of aliphatic hydroxyl groups is 3. The Balaban J connectivity index is 0.000000224. The Morgan fingerprint density at radius 1 is 0.412 bits per heavy atom. The van der Waals surface area contributed by atoms with Gasteiger partial charge in [-0.2, -0.15) is 0 Å². The highest BCUT2D eigenvalue weighted by atomic mass is 35.5. The number of aldehydes is 1. The smallest absolute Gasteiger partial charge is 0.243 e. The number of benzene rings is 3. The van der Waals surface area contributed by atoms with Crippen molar-refractivity contribution in [2.45, 2.75) is 326 Å². The summed E-state index contributed by atoms with van der Waals surface area (Å²) < 4.78 is 64.8. The maximum atomic E-state index is 14.3. The molecule has 3 aromatic heterocycles. The summed E-state index contributed by atoms with van der Waals surface area (Å²) in [6, 6.07) is 12.6. The molecular formula is C107H146ClF3N18O19. The molecule has 9 fully saturated rings. The van der Waals surface area contributed by atoms with Crippen molar-refractivity contribution in [1.29, 1.82) is 0 Å². The fraction of sp³-hybridized carbons (Fsp3) is 0.598. The van der Waals surface area contributed by atoms with Crippen molar-refractivity contribution in [3.8, 4) is 54.3 Å². The highest BCUT2D eigenvalue weighted by molar-refractivity contribution is 6.02. The normalized spacial score (nSPS) is 20.2. The molecule has 6 saturated heterocycles. The maximum absolute atomic E-state index is 14.3. The van der Waals surface area contributed by atoms with E-state index < -0.39 is 40.3 Å². The minimum atomic E-state index is -1.27. The summed E-state index contributed by atoms with van der Waals surface area (Å²) in [5.41, 5.74) is 5.90. The number of aromatic nitrogens is 9. The predicted octanol–water partition coefficient (Wildman–Crippen LogP) is 9.85. The third-order valence-electron chi connectivity index (χ3n) is 27.6. The quantitative estimate of drug-likeness (QED) is 0.00735. The Morgan fingerprint density at radius 3 is 1.00 bits per heavy atom. The summed E-state index contributed by atoms with van der Waals surface area (Å²) in [4.78, 5) is 149. The number of nitrogens with two attached hydrogens (primary N) is 1. The number of piperidine rings is 6. The Kier molecular flexibility index (Phi) is 50.1. The van der Waals surface area contributed by atoms with Crippen LogP contribution in [0.3, 0.4) is 0 Å². The zero-order valence-corrected chi connectivity index (χ0v) is 86.4. The molecule has 9 heterocycles. The zero-order valence-electron chi connectivity index (χ0n) is 85.6. The van der Waals surface area contributed by atoms with Gasteiger partial charge in [0.1, 0.15) is 23.1 Å². The van der Waals surface area contributed by atoms with E-state index in [1.54, 1.807) is 69.0 Å². The second-order valence-corrected chi connectivity index (χ2v) is 39.2. The van der Waals surface area contributed by atoms with Crippen LogP contribution in [0.2, 0.25) is 0 Å². The number of likely N-dealkylation sites (N-methyl/N-ethyl adjacent to an activating group) is 2. The van der Waals surface area contributed by atoms with Crippen LogP contribution < -0.4 is 51.8 Å². The average molecular weight is 2080 g/mol. The van der Waals surface area contributed by atoms with Gasteiger partial charge in [-0.1, -0.05) is 73.9 Å². The Bertz CT molecular complexity index is 5390. The molecule has 11 N–H and O–H groups in total. The van der Waals surface area contributed by atoms with Crippen LogP contribution in [-0.2, 0) is 118 Å². The lowest BCUT2D eigenvalue weighted by molar-refractivity contribution is -0.138. The molecule has 148 heavy (non-hydrogen) atoms. The number of carbonyl (C=O) groups excluding carboxylic acids is 13. The zero-order chi connectivity index (χ0) is 107. The van der Waals surface area contributed by atoms with Crippen molar-refractivity contribution in [3.63, 3.8) is 0 Å². The number of hydrogen-bond donors (Lipinski definition) is 10. The van der Waals surface area contributed by atoms with Gasteiger partial charge < -0.3 is 40.1 Å². The van der Waals surface area contributed by atoms with Crippen molar-refractivity contribution in [1.82, 2.24) is 86.7 Å². The summed E-state index contributed by atoms with van der Waals surface area (Å²) in [5, 5.41) is 73.0. The standard InChI is InChI=1S/C25H34FN5O4.2C25H33FN4O4.C11H16N2O2.C11H15NO2.C5H8N2O2.C5H6O.ClH/c1-3-25(34,18-8-9-20(26)22(13-18)35-15-17-6-7-17)16-31-19(14-27-29-31)5-4-12-30(2)21-10-11-23(32)28-24(21)33;2*1-2-25(33,19-10-11-21(26)22(13-19)34-15-17-7-8-17)16-30-20(14-27-29-30)6-4-3-5-18-9-12-23(31)28-24(18)32;1-3-4-5-8-13(2)9-6-7-10(14)12-11(9)15;1-2-3-4-5-6-9-7-8-10(13)12-11(9)14;6-3-1-2-4(8)7-5(3)9;1-2-3-4-5-6;/h8-9,13-14,17,21,34H,3-7,10-12,15-16H2,1-2H3,(H,28,32,33);2*10-11,13-14,17-18,33H,2-9,12,15-16H2,1H3,(H,28,31,32);1,9H,4-8H2,2H3,(H,12,14,15);1,9H,3-8H2,(H,12,13,14);3H,1-2,6H2,(H,7,8,9);1,5H,3-4H2;1H/t21?,25-;2*18?,25-;;;;;/m111...../s1. The van der Waals surface area contributed by atoms with Crippen LogP contribution in [0, 0.1) is 90.0 Å². The van der Waals surface area contributed by atoms with E-state index in [1.807, 2.05) is 44.7 Å². The number of amides is 12. The molecule has 0 bridgehead atoms. The number of imide groups is 6. The highest BCUT2D eigenvalue weighted by Gasteiger charge is 2.39. The van der Waals surface area contributed by atoms with E-state index in [0.29, 0.717) is 189 Å². The number of hydrogen-bond acceptors (Lipinski definition) is 28. The van der Waals surface area contributed by atoms with Gasteiger partial charge >= 0.3 is 0 Å². The first-order valence-electron chi connectivity index (χ1n) is 51.5. The maximum Gasteiger partial charge on any atom is 0.243 e. The Morgan fingerprint density at radius 2 is 0.709 bits per heavy atom. The van der Waals surface area contributed by atoms with Gasteiger partial charge in [-0.25, -0.2) is 27.2 Å². The Hall–Kier alpha value is -12.5. The van der Waals surface area contributed by atoms with Crippen LogP contribution in [-0.4, -0.2) is 212 Å². The van der Waals surface area contributed by atoms with Gasteiger partial charge in [0.2, 0.25) is 70.9 Å². The monoisotopic (exact) mass is 2080 g/mol. The molecule has 37 nitrogen and oxygen atoms in total. The van der Waals surface area contributed by atoms with E-state index in [4.69, 9.17) is 39.2 Å². The molecule has 6 aromatic rings. The van der Waals surface area contributed by atoms with E-state index in [9.17, 15) is 90.8 Å². The molecule has 6 aliphatic heterocycles. The first-order valence-corrected chi connectivity index (χ1v) is 51.5. The highest BCUT2D eigenvalue weighted by Crippen LogP contribution is 2.39. The molecule has 3 aliphatic carbocycles. The molecule has 9 aliphatic rings. The second kappa shape index (κ2) is 61.5. The third kappa shape index (κ3) is 39.9. The number of nitrogens with one attached hydrogen (secondary N) is 6. The molecule has 41 heteroatoms. The van der Waals surface area contributed by atoms with Gasteiger partial charge in [0.15, 0.2) is 34.7 Å². The van der Waals surface area contributed by atoms with Gasteiger partial charge in [-0.15, -0.1) is 64.7 Å². The molecule has 6 unspecified atom stereocenters. The van der Waals surface area contributed by atoms with Crippen molar-refractivity contribution >= 4 is 89.6 Å². The number of nitrogens with zero attached hydrogens (tertiary/aromatic N) is 11. The first kappa shape index (κ1) is 121. The lowest BCUT2D eigenvalue weighted by atomic mass is 9.90. The number of halogens is 4. The van der Waals surface area contributed by atoms with E-state index in [-0.39, 0.29) is 150 Å². The van der Waals surface area contributed by atoms with Crippen molar-refractivity contribution in [2.24, 2.45) is 41.2 Å². The van der Waals surface area contributed by atoms with Crippen LogP contribution in [0.5, 0.6) is 17.2 Å². The lowest BCUT2D eigenvalue weighted by Crippen LogP contribution is -2.51. The fourth-order valence-corrected chi connectivity index (χ4v) is 17.3. The van der Waals surface area contributed by atoms with E-state index in [2.05, 4.69) is 80.6 Å². The molecule has 9 atom stereocenters. The fourth-order valence-electron chi connectivity index (χ4n) is 17.3. The number of unbranched alkanes of at least 4 members (excludes halogenated alkanes) is 6. The molecule has 12 amide bonds. The second-order valence-electron chi connectivity index (χ2n) is 39.2. The van der Waals surface area contributed by atoms with Gasteiger partial charge in [-0.05, 0) is 265 Å². The summed E-state index contributed by atoms with van der Waals surface area (Å²) in [7, 11) is 3.76. The van der Waals surface area contributed by atoms with Gasteiger partial charge in [0, 0.05) is 82.0 Å². The van der Waals surface area contributed by atoms with E-state index in [0.717, 1.165) is 152 Å². The predicted molar refractivity (Wildman–Crippen MR) is 542 cm³/mol. The van der Waals surface area contributed by atoms with Crippen molar-refractivity contribution in [2.75, 3.05) is 47.0 Å². The van der Waals surface area contributed by atoms with Crippen LogP contribution in [0.25, 0.3) is 0 Å². The number of aryl methyl sites for hydroxylation is 3. The van der Waals surface area contributed by atoms with Gasteiger partial charge in [-0.3, -0.25) is 99.2 Å². The van der Waals surface area contributed by atoms with Crippen molar-refractivity contribution in [3.05, 3.63) is 124 Å². The summed E-state index contributed by atoms with van der Waals surface area (Å²) in [6.07, 6.45) is 48.7. The molecule has 806 valence electrons. The SMILES string of the molecule is C#CCCC=O.C#CCCCCC1CCC(=O)NC1=O.C#CCCCN(C)C1CCC(=O)NC1=O.CC[C@@](O)(Cn1nncc1CCCCC1CCC(=O)NC1=O)c1ccc(F)c(OCC2CC2)c1.CC[C@@](O)(Cn1nncc1CCCCC1CCC(=O)NC1=O)c1ccc(F)c(OCC2CC2)c1.CC[C@@](O)(Cn1nncc1CCCN(C)C1CCC(=O)NC1=O)c1ccc(F)c(OCC2CC2)c1.Cl.NC1CCC(=O)NC1=O. The van der Waals surface area contributed by atoms with Crippen LogP contribution in [0.15, 0.2) is 73.2 Å². The molecule has 3 aromatic carbocycles. The minimum Gasteiger partial charge on any atom is -0.490 e. The summed E-state index contributed by atoms with van der Waals surface area (Å²) >= 11 is 0. The molecule has 3 saturated carbocycles. The van der Waals surface area contributed by atoms with Crippen molar-refractivity contribution < 1.29 is 105 Å². The number of carbonyl (C=O) groups is 13. The van der Waals surface area contributed by atoms with Crippen LogP contribution in [0.1, 0.15) is 286 Å². The molecule has 15 rings (SSSR count). The Labute approximate surface area is 869 Å². The van der Waals surface area contributed by atoms with Gasteiger partial charge in [0.05, 0.1) is 93.3 Å². The molecular weight excluding hydrogens is 1930 g/mol. The lowest BCUT2D eigenvalue weighted by Gasteiger charge is -2.30. The number of terminal acetylenes is 3. The third-order valence-corrected chi connectivity index (χ3v) is 27.6. The van der Waals surface area contributed by atoms with Crippen LogP contribution in [0.4, 0.5) is 13.2 Å². The van der Waals surface area contributed by atoms with E-state index >= 15 is 0 Å². The number of ether oxygens (including phenoxy) is 3. The topological polar surface area (TPSA) is 507 Å². The molecule has 0 radical (unpaired) electrons.